The molecule has 1 aromatic heterocycles. The number of aromatic nitrogens is 1. The van der Waals surface area contributed by atoms with Gasteiger partial charge in [-0.25, -0.2) is 4.98 Å². The molecule has 5 nitrogen and oxygen atoms in total. The van der Waals surface area contributed by atoms with E-state index in [1.165, 1.54) is 11.1 Å². The van der Waals surface area contributed by atoms with Crippen molar-refractivity contribution < 1.29 is 4.79 Å². The molecule has 28 heavy (non-hydrogen) atoms. The highest BCUT2D eigenvalue weighted by molar-refractivity contribution is 7.13. The lowest BCUT2D eigenvalue weighted by Gasteiger charge is -2.16. The molecule has 0 saturated carbocycles. The van der Waals surface area contributed by atoms with Crippen LogP contribution >= 0.6 is 11.3 Å². The zero-order valence-corrected chi connectivity index (χ0v) is 17.6. The molecule has 1 amide bonds. The van der Waals surface area contributed by atoms with Crippen molar-refractivity contribution in [1.29, 1.82) is 0 Å². The van der Waals surface area contributed by atoms with Crippen molar-refractivity contribution in [3.8, 4) is 0 Å². The van der Waals surface area contributed by atoms with Gasteiger partial charge in [-0.3, -0.25) is 9.69 Å². The normalized spacial score (nSPS) is 10.9. The minimum Gasteiger partial charge on any atom is -0.332 e. The molecule has 0 spiro atoms. The van der Waals surface area contributed by atoms with Gasteiger partial charge in [0.15, 0.2) is 5.13 Å². The number of rotatable bonds is 7. The minimum atomic E-state index is -0.0237. The highest BCUT2D eigenvalue weighted by Crippen LogP contribution is 2.22. The average Bonchev–Trinajstić information content (AvgIpc) is 3.07. The van der Waals surface area contributed by atoms with Crippen LogP contribution < -0.4 is 10.6 Å². The lowest BCUT2D eigenvalue weighted by molar-refractivity contribution is -0.117. The number of nitrogens with zero attached hydrogens (tertiary/aromatic N) is 2. The summed E-state index contributed by atoms with van der Waals surface area (Å²) >= 11 is 1.57. The fourth-order valence-corrected chi connectivity index (χ4v) is 3.57. The van der Waals surface area contributed by atoms with Crippen molar-refractivity contribution in [1.82, 2.24) is 9.88 Å². The number of hydrogen-bond donors (Lipinski definition) is 2. The van der Waals surface area contributed by atoms with E-state index in [1.54, 1.807) is 11.3 Å². The molecular formula is C22H26N4OS. The van der Waals surface area contributed by atoms with Gasteiger partial charge in [0, 0.05) is 23.3 Å². The Bertz CT molecular complexity index is 949. The number of amides is 1. The Kier molecular flexibility index (Phi) is 6.44. The van der Waals surface area contributed by atoms with Crippen LogP contribution in [0.25, 0.3) is 0 Å². The van der Waals surface area contributed by atoms with Crippen molar-refractivity contribution >= 4 is 33.8 Å². The zero-order valence-electron chi connectivity index (χ0n) is 16.7. The van der Waals surface area contributed by atoms with E-state index in [0.717, 1.165) is 27.8 Å². The Labute approximate surface area is 170 Å². The number of carbonyl (C=O) groups excluding carboxylic acids is 1. The van der Waals surface area contributed by atoms with E-state index >= 15 is 0 Å². The van der Waals surface area contributed by atoms with E-state index in [2.05, 4.69) is 34.7 Å². The van der Waals surface area contributed by atoms with E-state index in [4.69, 9.17) is 0 Å². The fourth-order valence-electron chi connectivity index (χ4n) is 2.85. The second-order valence-electron chi connectivity index (χ2n) is 7.10. The van der Waals surface area contributed by atoms with Gasteiger partial charge >= 0.3 is 0 Å². The van der Waals surface area contributed by atoms with Gasteiger partial charge in [-0.2, -0.15) is 0 Å². The third kappa shape index (κ3) is 5.41. The van der Waals surface area contributed by atoms with Crippen LogP contribution in [0.4, 0.5) is 16.5 Å². The molecule has 0 aliphatic carbocycles. The van der Waals surface area contributed by atoms with Crippen LogP contribution in [-0.2, 0) is 11.3 Å². The molecule has 0 saturated heterocycles. The molecule has 0 bridgehead atoms. The van der Waals surface area contributed by atoms with Crippen LogP contribution in [0.5, 0.6) is 0 Å². The zero-order chi connectivity index (χ0) is 20.1. The van der Waals surface area contributed by atoms with Gasteiger partial charge in [0.1, 0.15) is 0 Å². The number of likely N-dealkylation sites (N-methyl/N-ethyl adjacent to an activating group) is 1. The molecule has 2 aromatic carbocycles. The van der Waals surface area contributed by atoms with Gasteiger partial charge in [0.2, 0.25) is 5.91 Å². The molecule has 0 fully saturated rings. The predicted octanol–water partition coefficient (Wildman–Crippen LogP) is 4.88. The summed E-state index contributed by atoms with van der Waals surface area (Å²) in [6.07, 6.45) is 0. The molecule has 3 rings (SSSR count). The molecule has 0 aliphatic heterocycles. The third-order valence-electron chi connectivity index (χ3n) is 4.58. The summed E-state index contributed by atoms with van der Waals surface area (Å²) in [5, 5.41) is 9.20. The topological polar surface area (TPSA) is 57.3 Å². The molecular weight excluding hydrogens is 368 g/mol. The summed E-state index contributed by atoms with van der Waals surface area (Å²) in [6, 6.07) is 14.2. The fraction of sp³-hybridized carbons (Fsp3) is 0.273. The third-order valence-corrected chi connectivity index (χ3v) is 5.39. The van der Waals surface area contributed by atoms with E-state index in [9.17, 15) is 4.79 Å². The molecule has 3 aromatic rings. The molecule has 0 radical (unpaired) electrons. The maximum Gasteiger partial charge on any atom is 0.238 e. The molecule has 0 atom stereocenters. The number of nitrogens with one attached hydrogen (secondary N) is 2. The number of aryl methyl sites for hydroxylation is 2. The second kappa shape index (κ2) is 8.99. The van der Waals surface area contributed by atoms with Crippen molar-refractivity contribution in [2.24, 2.45) is 0 Å². The van der Waals surface area contributed by atoms with Gasteiger partial charge in [-0.05, 0) is 57.1 Å². The Balaban J connectivity index is 1.52. The van der Waals surface area contributed by atoms with E-state index in [-0.39, 0.29) is 5.91 Å². The summed E-state index contributed by atoms with van der Waals surface area (Å²) in [7, 11) is 1.93. The lowest BCUT2D eigenvalue weighted by atomic mass is 10.1. The largest absolute Gasteiger partial charge is 0.332 e. The first-order valence-electron chi connectivity index (χ1n) is 9.23. The number of thiazole rings is 1. The van der Waals surface area contributed by atoms with E-state index in [0.29, 0.717) is 13.1 Å². The summed E-state index contributed by atoms with van der Waals surface area (Å²) in [5.41, 5.74) is 6.34. The maximum absolute atomic E-state index is 12.4. The molecule has 0 unspecified atom stereocenters. The number of benzene rings is 2. The van der Waals surface area contributed by atoms with Crippen LogP contribution in [0.3, 0.4) is 0 Å². The first-order chi connectivity index (χ1) is 13.4. The number of anilines is 3. The standard InChI is InChI=1S/C22H26N4OS/c1-15-8-10-18(11-9-15)23-22-24-19(14-28-22)12-26(4)13-21(27)25-20-7-5-6-16(2)17(20)3/h5-11,14H,12-13H2,1-4H3,(H,23,24)(H,25,27). The molecule has 1 heterocycles. The molecule has 0 aliphatic rings. The molecule has 2 N–H and O–H groups in total. The summed E-state index contributed by atoms with van der Waals surface area (Å²) in [4.78, 5) is 18.9. The van der Waals surface area contributed by atoms with Crippen LogP contribution in [0.1, 0.15) is 22.4 Å². The maximum atomic E-state index is 12.4. The van der Waals surface area contributed by atoms with E-state index < -0.39 is 0 Å². The summed E-state index contributed by atoms with van der Waals surface area (Å²) in [6.45, 7) is 7.06. The first-order valence-corrected chi connectivity index (χ1v) is 10.1. The van der Waals surface area contributed by atoms with Gasteiger partial charge in [-0.1, -0.05) is 29.8 Å². The monoisotopic (exact) mass is 394 g/mol. The number of carbonyl (C=O) groups is 1. The minimum absolute atomic E-state index is 0.0237. The summed E-state index contributed by atoms with van der Waals surface area (Å²) < 4.78 is 0. The van der Waals surface area contributed by atoms with Crippen LogP contribution in [0, 0.1) is 20.8 Å². The smallest absolute Gasteiger partial charge is 0.238 e. The highest BCUT2D eigenvalue weighted by atomic mass is 32.1. The van der Waals surface area contributed by atoms with Crippen molar-refractivity contribution in [2.45, 2.75) is 27.3 Å². The highest BCUT2D eigenvalue weighted by Gasteiger charge is 2.11. The average molecular weight is 395 g/mol. The first kappa shape index (κ1) is 20.0. The predicted molar refractivity (Wildman–Crippen MR) is 117 cm³/mol. The van der Waals surface area contributed by atoms with Gasteiger partial charge in [0.05, 0.1) is 12.2 Å². The van der Waals surface area contributed by atoms with E-state index in [1.807, 2.05) is 61.5 Å². The molecule has 6 heteroatoms. The Morgan fingerprint density at radius 1 is 1.11 bits per heavy atom. The van der Waals surface area contributed by atoms with Crippen LogP contribution in [0.15, 0.2) is 47.8 Å². The van der Waals surface area contributed by atoms with Crippen LogP contribution in [-0.4, -0.2) is 29.4 Å². The summed E-state index contributed by atoms with van der Waals surface area (Å²) in [5.74, 6) is -0.0237. The number of hydrogen-bond acceptors (Lipinski definition) is 5. The SMILES string of the molecule is Cc1ccc(Nc2nc(CN(C)CC(=O)Nc3cccc(C)c3C)cs2)cc1. The quantitative estimate of drug-likeness (QED) is 0.599. The Hall–Kier alpha value is -2.70. The van der Waals surface area contributed by atoms with Crippen molar-refractivity contribution in [3.63, 3.8) is 0 Å². The van der Waals surface area contributed by atoms with Crippen LogP contribution in [0.2, 0.25) is 0 Å². The molecule has 146 valence electrons. The lowest BCUT2D eigenvalue weighted by Crippen LogP contribution is -2.30. The Morgan fingerprint density at radius 3 is 2.61 bits per heavy atom. The van der Waals surface area contributed by atoms with Gasteiger partial charge < -0.3 is 10.6 Å². The van der Waals surface area contributed by atoms with Gasteiger partial charge in [-0.15, -0.1) is 11.3 Å². The van der Waals surface area contributed by atoms with Crippen molar-refractivity contribution in [2.75, 3.05) is 24.2 Å². The second-order valence-corrected chi connectivity index (χ2v) is 7.96. The van der Waals surface area contributed by atoms with Crippen molar-refractivity contribution in [3.05, 3.63) is 70.2 Å². The Morgan fingerprint density at radius 2 is 1.86 bits per heavy atom. The van der Waals surface area contributed by atoms with Gasteiger partial charge in [0.25, 0.3) is 0 Å².